The number of carboxylic acids is 1. The number of carbonyl (C=O) groups excluding carboxylic acids is 2. The summed E-state index contributed by atoms with van der Waals surface area (Å²) in [5.74, 6) is -1.29. The zero-order valence-corrected chi connectivity index (χ0v) is 18.8. The van der Waals surface area contributed by atoms with Crippen LogP contribution in [0.4, 0.5) is 4.79 Å². The van der Waals surface area contributed by atoms with E-state index in [0.717, 1.165) is 30.4 Å². The van der Waals surface area contributed by atoms with Gasteiger partial charge in [0.05, 0.1) is 6.42 Å². The van der Waals surface area contributed by atoms with Crippen LogP contribution in [0.3, 0.4) is 0 Å². The predicted molar refractivity (Wildman–Crippen MR) is 124 cm³/mol. The summed E-state index contributed by atoms with van der Waals surface area (Å²) in [6, 6.07) is 16.0. The SMILES string of the molecule is C[C@@H](CC(=O)O)NC(=O)C1CCCC1CNC(=O)OCC1c2ccccc2-c2ccccc21. The van der Waals surface area contributed by atoms with Crippen molar-refractivity contribution in [1.82, 2.24) is 10.6 Å². The van der Waals surface area contributed by atoms with Crippen LogP contribution in [0.25, 0.3) is 11.1 Å². The molecule has 4 rings (SSSR count). The smallest absolute Gasteiger partial charge is 0.407 e. The van der Waals surface area contributed by atoms with E-state index in [0.29, 0.717) is 6.54 Å². The Morgan fingerprint density at radius 1 is 1.03 bits per heavy atom. The molecule has 3 atom stereocenters. The van der Waals surface area contributed by atoms with Gasteiger partial charge in [-0.25, -0.2) is 4.79 Å². The second-order valence-electron chi connectivity index (χ2n) is 9.01. The van der Waals surface area contributed by atoms with Crippen LogP contribution in [-0.2, 0) is 14.3 Å². The molecule has 0 aromatic heterocycles. The molecule has 3 N–H and O–H groups in total. The van der Waals surface area contributed by atoms with Gasteiger partial charge in [-0.05, 0) is 47.9 Å². The normalized spacial score (nSPS) is 19.9. The number of carbonyl (C=O) groups is 3. The van der Waals surface area contributed by atoms with Gasteiger partial charge in [0.2, 0.25) is 5.91 Å². The van der Waals surface area contributed by atoms with Crippen molar-refractivity contribution in [2.45, 2.75) is 44.6 Å². The molecule has 0 aliphatic heterocycles. The summed E-state index contributed by atoms with van der Waals surface area (Å²) in [5, 5.41) is 14.5. The molecule has 2 aromatic rings. The lowest BCUT2D eigenvalue weighted by Gasteiger charge is -2.22. The summed E-state index contributed by atoms with van der Waals surface area (Å²) in [7, 11) is 0. The highest BCUT2D eigenvalue weighted by atomic mass is 16.5. The molecule has 1 fully saturated rings. The molecule has 7 nitrogen and oxygen atoms in total. The highest BCUT2D eigenvalue weighted by molar-refractivity contribution is 5.81. The van der Waals surface area contributed by atoms with Crippen LogP contribution in [0.1, 0.15) is 49.7 Å². The Labute approximate surface area is 193 Å². The predicted octanol–water partition coefficient (Wildman–Crippen LogP) is 3.92. The maximum atomic E-state index is 12.6. The monoisotopic (exact) mass is 450 g/mol. The number of ether oxygens (including phenoxy) is 1. The van der Waals surface area contributed by atoms with Gasteiger partial charge in [-0.1, -0.05) is 55.0 Å². The Morgan fingerprint density at radius 2 is 1.67 bits per heavy atom. The van der Waals surface area contributed by atoms with Crippen molar-refractivity contribution in [3.63, 3.8) is 0 Å². The van der Waals surface area contributed by atoms with Crippen molar-refractivity contribution in [2.24, 2.45) is 11.8 Å². The van der Waals surface area contributed by atoms with Crippen molar-refractivity contribution in [3.05, 3.63) is 59.7 Å². The molecule has 1 saturated carbocycles. The molecule has 2 aromatic carbocycles. The number of nitrogens with one attached hydrogen (secondary N) is 2. The Hall–Kier alpha value is -3.35. The van der Waals surface area contributed by atoms with Gasteiger partial charge in [0.1, 0.15) is 6.61 Å². The number of rotatable bonds is 8. The summed E-state index contributed by atoms with van der Waals surface area (Å²) in [6.45, 7) is 2.30. The number of carboxylic acid groups (broad SMARTS) is 1. The summed E-state index contributed by atoms with van der Waals surface area (Å²) in [4.78, 5) is 35.9. The van der Waals surface area contributed by atoms with Crippen LogP contribution in [0.15, 0.2) is 48.5 Å². The summed E-state index contributed by atoms with van der Waals surface area (Å²) >= 11 is 0. The molecule has 0 heterocycles. The molecule has 33 heavy (non-hydrogen) atoms. The van der Waals surface area contributed by atoms with Gasteiger partial charge in [-0.2, -0.15) is 0 Å². The zero-order valence-electron chi connectivity index (χ0n) is 18.8. The fourth-order valence-corrected chi connectivity index (χ4v) is 5.15. The number of aliphatic carboxylic acids is 1. The van der Waals surface area contributed by atoms with Gasteiger partial charge in [0.25, 0.3) is 0 Å². The van der Waals surface area contributed by atoms with Gasteiger partial charge < -0.3 is 20.5 Å². The maximum Gasteiger partial charge on any atom is 0.407 e. The van der Waals surface area contributed by atoms with Crippen LogP contribution in [0.5, 0.6) is 0 Å². The molecule has 2 unspecified atom stereocenters. The Balaban J connectivity index is 1.29. The molecule has 2 aliphatic carbocycles. The Morgan fingerprint density at radius 3 is 2.30 bits per heavy atom. The second kappa shape index (κ2) is 10.1. The van der Waals surface area contributed by atoms with E-state index in [1.807, 2.05) is 24.3 Å². The molecule has 0 radical (unpaired) electrons. The van der Waals surface area contributed by atoms with Crippen molar-refractivity contribution >= 4 is 18.0 Å². The minimum atomic E-state index is -0.942. The molecular weight excluding hydrogens is 420 g/mol. The molecular formula is C26H30N2O5. The topological polar surface area (TPSA) is 105 Å². The van der Waals surface area contributed by atoms with E-state index in [4.69, 9.17) is 9.84 Å². The van der Waals surface area contributed by atoms with Crippen molar-refractivity contribution in [1.29, 1.82) is 0 Å². The number of hydrogen-bond acceptors (Lipinski definition) is 4. The molecule has 2 aliphatic rings. The zero-order chi connectivity index (χ0) is 23.4. The first-order valence-corrected chi connectivity index (χ1v) is 11.5. The van der Waals surface area contributed by atoms with E-state index in [9.17, 15) is 14.4 Å². The lowest BCUT2D eigenvalue weighted by Crippen LogP contribution is -2.42. The van der Waals surface area contributed by atoms with Crippen LogP contribution < -0.4 is 10.6 Å². The fourth-order valence-electron chi connectivity index (χ4n) is 5.15. The van der Waals surface area contributed by atoms with Gasteiger partial charge in [0.15, 0.2) is 0 Å². The van der Waals surface area contributed by atoms with E-state index in [1.165, 1.54) is 11.1 Å². The first-order chi connectivity index (χ1) is 15.9. The number of amides is 2. The Bertz CT molecular complexity index is 991. The fraction of sp³-hybridized carbons (Fsp3) is 0.423. The quantitative estimate of drug-likeness (QED) is 0.565. The van der Waals surface area contributed by atoms with E-state index in [-0.39, 0.29) is 36.7 Å². The number of hydrogen-bond donors (Lipinski definition) is 3. The van der Waals surface area contributed by atoms with Crippen molar-refractivity contribution < 1.29 is 24.2 Å². The van der Waals surface area contributed by atoms with Crippen LogP contribution in [-0.4, -0.2) is 42.3 Å². The molecule has 0 saturated heterocycles. The van der Waals surface area contributed by atoms with Crippen LogP contribution in [0, 0.1) is 11.8 Å². The highest BCUT2D eigenvalue weighted by Crippen LogP contribution is 2.44. The van der Waals surface area contributed by atoms with Gasteiger partial charge in [0, 0.05) is 24.4 Å². The summed E-state index contributed by atoms with van der Waals surface area (Å²) < 4.78 is 5.59. The van der Waals surface area contributed by atoms with Crippen molar-refractivity contribution in [2.75, 3.05) is 13.2 Å². The average Bonchev–Trinajstić information content (AvgIpc) is 3.38. The van der Waals surface area contributed by atoms with E-state index in [2.05, 4.69) is 34.9 Å². The van der Waals surface area contributed by atoms with E-state index < -0.39 is 18.1 Å². The largest absolute Gasteiger partial charge is 0.481 e. The molecule has 7 heteroatoms. The number of benzene rings is 2. The Kier molecular flexibility index (Phi) is 6.96. The minimum Gasteiger partial charge on any atom is -0.481 e. The minimum absolute atomic E-state index is 0.00359. The maximum absolute atomic E-state index is 12.6. The van der Waals surface area contributed by atoms with Crippen molar-refractivity contribution in [3.8, 4) is 11.1 Å². The molecule has 2 amide bonds. The van der Waals surface area contributed by atoms with Gasteiger partial charge in [-0.3, -0.25) is 9.59 Å². The third kappa shape index (κ3) is 5.18. The standard InChI is InChI=1S/C26H30N2O5/c1-16(13-24(29)30)28-25(31)18-12-6-7-17(18)14-27-26(32)33-15-23-21-10-4-2-8-19(21)20-9-3-5-11-22(20)23/h2-5,8-11,16-18,23H,6-7,12-15H2,1H3,(H,27,32)(H,28,31)(H,29,30)/t16-,17?,18?/m0/s1. The lowest BCUT2D eigenvalue weighted by atomic mass is 9.94. The first-order valence-electron chi connectivity index (χ1n) is 11.5. The second-order valence-corrected chi connectivity index (χ2v) is 9.01. The van der Waals surface area contributed by atoms with Crippen LogP contribution in [0.2, 0.25) is 0 Å². The van der Waals surface area contributed by atoms with Gasteiger partial charge >= 0.3 is 12.1 Å². The summed E-state index contributed by atoms with van der Waals surface area (Å²) in [6.07, 6.45) is 1.89. The number of alkyl carbamates (subject to hydrolysis) is 1. The van der Waals surface area contributed by atoms with E-state index in [1.54, 1.807) is 6.92 Å². The van der Waals surface area contributed by atoms with Gasteiger partial charge in [-0.15, -0.1) is 0 Å². The first kappa shape index (κ1) is 22.8. The number of fused-ring (bicyclic) bond motifs is 3. The third-order valence-electron chi connectivity index (χ3n) is 6.72. The van der Waals surface area contributed by atoms with E-state index >= 15 is 0 Å². The highest BCUT2D eigenvalue weighted by Gasteiger charge is 2.34. The molecule has 0 spiro atoms. The van der Waals surface area contributed by atoms with Crippen LogP contribution >= 0.6 is 0 Å². The molecule has 174 valence electrons. The summed E-state index contributed by atoms with van der Waals surface area (Å²) in [5.41, 5.74) is 4.68. The third-order valence-corrected chi connectivity index (χ3v) is 6.72. The lowest BCUT2D eigenvalue weighted by molar-refractivity contribution is -0.137. The average molecular weight is 451 g/mol. The molecule has 0 bridgehead atoms.